The van der Waals surface area contributed by atoms with E-state index >= 15 is 0 Å². The highest BCUT2D eigenvalue weighted by atomic mass is 35.5. The van der Waals surface area contributed by atoms with Crippen LogP contribution in [-0.4, -0.2) is 29.6 Å². The Hall–Kier alpha value is -3.17. The zero-order chi connectivity index (χ0) is 21.4. The number of aryl methyl sites for hydroxylation is 1. The van der Waals surface area contributed by atoms with E-state index in [9.17, 15) is 9.18 Å². The molecule has 2 heterocycles. The summed E-state index contributed by atoms with van der Waals surface area (Å²) in [6, 6.07) is 11.0. The molecule has 0 radical (unpaired) electrons. The number of benzene rings is 2. The van der Waals surface area contributed by atoms with Gasteiger partial charge in [-0.25, -0.2) is 13.9 Å². The molecule has 0 N–H and O–H groups in total. The van der Waals surface area contributed by atoms with Crippen LogP contribution in [0.3, 0.4) is 0 Å². The standard InChI is InChI=1S/C19H15Cl2FN6O2/c1-11(18-14(22)4-3-5-16(18)28-19(29)26(2)24-25-28)30-17-8-9-27(23-17)15-7-6-12(20)10-13(15)21/h3-11H,1-2H3. The lowest BCUT2D eigenvalue weighted by Crippen LogP contribution is -2.24. The van der Waals surface area contributed by atoms with Gasteiger partial charge in [0.25, 0.3) is 0 Å². The van der Waals surface area contributed by atoms with Crippen LogP contribution < -0.4 is 10.4 Å². The summed E-state index contributed by atoms with van der Waals surface area (Å²) < 4.78 is 24.1. The molecule has 0 aliphatic rings. The smallest absolute Gasteiger partial charge is 0.368 e. The molecule has 0 saturated heterocycles. The fourth-order valence-electron chi connectivity index (χ4n) is 2.99. The van der Waals surface area contributed by atoms with Gasteiger partial charge in [0, 0.05) is 24.3 Å². The fourth-order valence-corrected chi connectivity index (χ4v) is 3.48. The summed E-state index contributed by atoms with van der Waals surface area (Å²) in [5.74, 6) is -0.299. The van der Waals surface area contributed by atoms with Crippen molar-refractivity contribution in [2.75, 3.05) is 0 Å². The highest BCUT2D eigenvalue weighted by Crippen LogP contribution is 2.29. The first-order chi connectivity index (χ1) is 14.3. The number of hydrogen-bond donors (Lipinski definition) is 0. The van der Waals surface area contributed by atoms with E-state index in [1.807, 2.05) is 0 Å². The average Bonchev–Trinajstić information content (AvgIpc) is 3.28. The van der Waals surface area contributed by atoms with E-state index in [0.29, 0.717) is 15.7 Å². The van der Waals surface area contributed by atoms with Crippen LogP contribution in [-0.2, 0) is 7.05 Å². The molecule has 0 saturated carbocycles. The van der Waals surface area contributed by atoms with Gasteiger partial charge in [0.2, 0.25) is 5.88 Å². The summed E-state index contributed by atoms with van der Waals surface area (Å²) >= 11 is 12.1. The minimum absolute atomic E-state index is 0.152. The molecule has 11 heteroatoms. The van der Waals surface area contributed by atoms with Crippen LogP contribution in [0.4, 0.5) is 4.39 Å². The number of aromatic nitrogens is 6. The highest BCUT2D eigenvalue weighted by Gasteiger charge is 2.22. The minimum Gasteiger partial charge on any atom is -0.469 e. The minimum atomic E-state index is -0.779. The molecule has 2 aromatic carbocycles. The molecule has 0 spiro atoms. The molecule has 4 aromatic rings. The zero-order valence-corrected chi connectivity index (χ0v) is 17.3. The summed E-state index contributed by atoms with van der Waals surface area (Å²) in [6.07, 6.45) is 0.881. The zero-order valence-electron chi connectivity index (χ0n) is 15.8. The van der Waals surface area contributed by atoms with E-state index in [1.165, 1.54) is 23.9 Å². The third-order valence-corrected chi connectivity index (χ3v) is 4.94. The number of hydrogen-bond acceptors (Lipinski definition) is 5. The summed E-state index contributed by atoms with van der Waals surface area (Å²) in [5.41, 5.74) is 0.497. The van der Waals surface area contributed by atoms with Gasteiger partial charge < -0.3 is 4.74 Å². The normalized spacial score (nSPS) is 12.2. The summed E-state index contributed by atoms with van der Waals surface area (Å²) in [5, 5.41) is 12.7. The Morgan fingerprint density at radius 2 is 1.90 bits per heavy atom. The molecule has 0 bridgehead atoms. The molecule has 4 rings (SSSR count). The van der Waals surface area contributed by atoms with Crippen LogP contribution in [0.1, 0.15) is 18.6 Å². The lowest BCUT2D eigenvalue weighted by molar-refractivity contribution is 0.210. The molecule has 0 aliphatic heterocycles. The second kappa shape index (κ2) is 7.92. The Labute approximate surface area is 180 Å². The number of tetrazole rings is 1. The maximum atomic E-state index is 14.7. The van der Waals surface area contributed by atoms with Crippen molar-refractivity contribution in [1.82, 2.24) is 29.6 Å². The van der Waals surface area contributed by atoms with E-state index in [-0.39, 0.29) is 17.1 Å². The second-order valence-electron chi connectivity index (χ2n) is 6.42. The maximum absolute atomic E-state index is 14.7. The van der Waals surface area contributed by atoms with E-state index in [4.69, 9.17) is 27.9 Å². The number of halogens is 3. The van der Waals surface area contributed by atoms with Gasteiger partial charge in [-0.2, -0.15) is 9.36 Å². The second-order valence-corrected chi connectivity index (χ2v) is 7.27. The predicted octanol–water partition coefficient (Wildman–Crippen LogP) is 3.74. The molecule has 8 nitrogen and oxygen atoms in total. The van der Waals surface area contributed by atoms with Crippen LogP contribution >= 0.6 is 23.2 Å². The summed E-state index contributed by atoms with van der Waals surface area (Å²) in [7, 11) is 1.46. The molecule has 0 amide bonds. The van der Waals surface area contributed by atoms with E-state index < -0.39 is 17.6 Å². The van der Waals surface area contributed by atoms with Crippen LogP contribution in [0.5, 0.6) is 5.88 Å². The Morgan fingerprint density at radius 3 is 2.60 bits per heavy atom. The number of ether oxygens (including phenoxy) is 1. The molecule has 0 fully saturated rings. The number of rotatable bonds is 5. The lowest BCUT2D eigenvalue weighted by Gasteiger charge is -2.17. The molecule has 1 unspecified atom stereocenters. The molecular formula is C19H15Cl2FN6O2. The van der Waals surface area contributed by atoms with Gasteiger partial charge in [-0.1, -0.05) is 29.3 Å². The fraction of sp³-hybridized carbons (Fsp3) is 0.158. The van der Waals surface area contributed by atoms with Crippen molar-refractivity contribution >= 4 is 23.2 Å². The Bertz CT molecular complexity index is 1280. The predicted molar refractivity (Wildman–Crippen MR) is 109 cm³/mol. The first kappa shape index (κ1) is 20.1. The van der Waals surface area contributed by atoms with Crippen LogP contribution in [0.25, 0.3) is 11.4 Å². The quantitative estimate of drug-likeness (QED) is 0.464. The topological polar surface area (TPSA) is 79.8 Å². The Morgan fingerprint density at radius 1 is 1.10 bits per heavy atom. The van der Waals surface area contributed by atoms with Crippen molar-refractivity contribution < 1.29 is 9.13 Å². The van der Waals surface area contributed by atoms with Crippen molar-refractivity contribution in [3.63, 3.8) is 0 Å². The van der Waals surface area contributed by atoms with Crippen molar-refractivity contribution in [2.24, 2.45) is 7.05 Å². The van der Waals surface area contributed by atoms with Crippen LogP contribution in [0.2, 0.25) is 10.0 Å². The van der Waals surface area contributed by atoms with Gasteiger partial charge in [0.1, 0.15) is 11.9 Å². The maximum Gasteiger partial charge on any atom is 0.368 e. The molecule has 30 heavy (non-hydrogen) atoms. The summed E-state index contributed by atoms with van der Waals surface area (Å²) in [4.78, 5) is 12.2. The lowest BCUT2D eigenvalue weighted by atomic mass is 10.1. The van der Waals surface area contributed by atoms with Gasteiger partial charge >= 0.3 is 5.69 Å². The van der Waals surface area contributed by atoms with E-state index in [0.717, 1.165) is 9.36 Å². The molecular weight excluding hydrogens is 434 g/mol. The van der Waals surface area contributed by atoms with Gasteiger partial charge in [-0.15, -0.1) is 5.10 Å². The largest absolute Gasteiger partial charge is 0.469 e. The van der Waals surface area contributed by atoms with Gasteiger partial charge in [0.15, 0.2) is 0 Å². The van der Waals surface area contributed by atoms with Gasteiger partial charge in [0.05, 0.1) is 22.0 Å². The van der Waals surface area contributed by atoms with Crippen LogP contribution in [0, 0.1) is 5.82 Å². The van der Waals surface area contributed by atoms with Crippen molar-refractivity contribution in [3.8, 4) is 17.3 Å². The van der Waals surface area contributed by atoms with Crippen molar-refractivity contribution in [2.45, 2.75) is 13.0 Å². The van der Waals surface area contributed by atoms with Crippen LogP contribution in [0.15, 0.2) is 53.5 Å². The number of nitrogens with zero attached hydrogens (tertiary/aromatic N) is 6. The Kier molecular flexibility index (Phi) is 5.31. The monoisotopic (exact) mass is 448 g/mol. The SMILES string of the molecule is CC(Oc1ccn(-c2ccc(Cl)cc2Cl)n1)c1c(F)cccc1-n1nnn(C)c1=O. The molecule has 0 aliphatic carbocycles. The first-order valence-corrected chi connectivity index (χ1v) is 9.56. The molecule has 1 atom stereocenters. The third kappa shape index (κ3) is 3.69. The average molecular weight is 449 g/mol. The van der Waals surface area contributed by atoms with E-state index in [2.05, 4.69) is 15.5 Å². The molecule has 154 valence electrons. The van der Waals surface area contributed by atoms with Crippen molar-refractivity contribution in [3.05, 3.63) is 80.6 Å². The summed E-state index contributed by atoms with van der Waals surface area (Å²) in [6.45, 7) is 1.65. The Balaban J connectivity index is 1.66. The van der Waals surface area contributed by atoms with Crippen molar-refractivity contribution in [1.29, 1.82) is 0 Å². The highest BCUT2D eigenvalue weighted by molar-refractivity contribution is 6.35. The third-order valence-electron chi connectivity index (χ3n) is 4.40. The van der Waals surface area contributed by atoms with E-state index in [1.54, 1.807) is 43.5 Å². The molecule has 2 aromatic heterocycles. The first-order valence-electron chi connectivity index (χ1n) is 8.80. The van der Waals surface area contributed by atoms with Gasteiger partial charge in [-0.3, -0.25) is 0 Å². The van der Waals surface area contributed by atoms with Gasteiger partial charge in [-0.05, 0) is 47.7 Å².